The van der Waals surface area contributed by atoms with Gasteiger partial charge in [0.1, 0.15) is 5.82 Å². The van der Waals surface area contributed by atoms with E-state index in [1.807, 2.05) is 4.90 Å². The molecule has 5 nitrogen and oxygen atoms in total. The van der Waals surface area contributed by atoms with Gasteiger partial charge in [-0.3, -0.25) is 14.4 Å². The van der Waals surface area contributed by atoms with E-state index in [0.717, 1.165) is 18.9 Å². The molecule has 2 fully saturated rings. The van der Waals surface area contributed by atoms with Gasteiger partial charge in [0, 0.05) is 54.9 Å². The summed E-state index contributed by atoms with van der Waals surface area (Å²) >= 11 is 6.11. The standard InChI is InChI=1S/C22H25ClF4N4O/c1-14(12-31-19(15-5-6-15)11-20(28-31)22(25,26)27)21(32)30-9-7-29(8-10-30)13-16-17(23)3-2-4-18(16)24/h2-4,11,14-15H,5-10,12-13H2,1H3. The lowest BCUT2D eigenvalue weighted by Crippen LogP contribution is -2.50. The van der Waals surface area contributed by atoms with Crippen molar-refractivity contribution in [1.82, 2.24) is 19.6 Å². The molecule has 1 aromatic heterocycles. The number of benzene rings is 1. The fourth-order valence-electron chi connectivity index (χ4n) is 4.11. The first-order chi connectivity index (χ1) is 15.1. The summed E-state index contributed by atoms with van der Waals surface area (Å²) in [5, 5.41) is 4.13. The number of hydrogen-bond acceptors (Lipinski definition) is 3. The van der Waals surface area contributed by atoms with E-state index in [0.29, 0.717) is 49.0 Å². The highest BCUT2D eigenvalue weighted by atomic mass is 35.5. The quantitative estimate of drug-likeness (QED) is 0.579. The lowest BCUT2D eigenvalue weighted by Gasteiger charge is -2.36. The lowest BCUT2D eigenvalue weighted by atomic mass is 10.1. The molecule has 0 N–H and O–H groups in total. The summed E-state index contributed by atoms with van der Waals surface area (Å²) in [4.78, 5) is 16.7. The zero-order valence-electron chi connectivity index (χ0n) is 17.7. The Morgan fingerprint density at radius 3 is 2.50 bits per heavy atom. The smallest absolute Gasteiger partial charge is 0.340 e. The molecule has 10 heteroatoms. The van der Waals surface area contributed by atoms with E-state index in [4.69, 9.17) is 11.6 Å². The van der Waals surface area contributed by atoms with Gasteiger partial charge in [-0.15, -0.1) is 0 Å². The second kappa shape index (κ2) is 9.02. The molecule has 0 bridgehead atoms. The number of amides is 1. The molecular formula is C22H25ClF4N4O. The van der Waals surface area contributed by atoms with Gasteiger partial charge in [0.2, 0.25) is 5.91 Å². The summed E-state index contributed by atoms with van der Waals surface area (Å²) in [6.45, 7) is 4.27. The van der Waals surface area contributed by atoms with Gasteiger partial charge in [-0.1, -0.05) is 24.6 Å². The Morgan fingerprint density at radius 2 is 1.91 bits per heavy atom. The van der Waals surface area contributed by atoms with Crippen molar-refractivity contribution in [2.24, 2.45) is 5.92 Å². The van der Waals surface area contributed by atoms with Crippen LogP contribution in [0.4, 0.5) is 17.6 Å². The first kappa shape index (κ1) is 23.0. The molecule has 1 atom stereocenters. The van der Waals surface area contributed by atoms with Gasteiger partial charge in [0.15, 0.2) is 5.69 Å². The van der Waals surface area contributed by atoms with Crippen LogP contribution in [0, 0.1) is 11.7 Å². The molecule has 2 heterocycles. The SMILES string of the molecule is CC(Cn1nc(C(F)(F)F)cc1C1CC1)C(=O)N1CCN(Cc2c(F)cccc2Cl)CC1. The summed E-state index contributed by atoms with van der Waals surface area (Å²) in [6.07, 6.45) is -2.81. The van der Waals surface area contributed by atoms with Gasteiger partial charge >= 0.3 is 6.18 Å². The maximum Gasteiger partial charge on any atom is 0.435 e. The van der Waals surface area contributed by atoms with Crippen molar-refractivity contribution in [3.8, 4) is 0 Å². The van der Waals surface area contributed by atoms with E-state index in [1.54, 1.807) is 24.0 Å². The molecule has 1 saturated heterocycles. The molecule has 1 saturated carbocycles. The summed E-state index contributed by atoms with van der Waals surface area (Å²) in [7, 11) is 0. The first-order valence-corrected chi connectivity index (χ1v) is 11.1. The maximum atomic E-state index is 14.0. The summed E-state index contributed by atoms with van der Waals surface area (Å²) in [5.74, 6) is -0.872. The number of aromatic nitrogens is 2. The number of piperazine rings is 1. The Labute approximate surface area is 188 Å². The fourth-order valence-corrected chi connectivity index (χ4v) is 4.33. The Hall–Kier alpha value is -2.13. The summed E-state index contributed by atoms with van der Waals surface area (Å²) < 4.78 is 54.7. The van der Waals surface area contributed by atoms with E-state index < -0.39 is 17.8 Å². The van der Waals surface area contributed by atoms with E-state index in [9.17, 15) is 22.4 Å². The van der Waals surface area contributed by atoms with Crippen LogP contribution >= 0.6 is 11.6 Å². The molecule has 1 unspecified atom stereocenters. The van der Waals surface area contributed by atoms with Crippen molar-refractivity contribution in [2.75, 3.05) is 26.2 Å². The van der Waals surface area contributed by atoms with Gasteiger partial charge in [0.25, 0.3) is 0 Å². The average Bonchev–Trinajstić information content (AvgIpc) is 3.49. The predicted octanol–water partition coefficient (Wildman–Crippen LogP) is 4.55. The van der Waals surface area contributed by atoms with Crippen LogP contribution in [0.1, 0.15) is 42.6 Å². The highest BCUT2D eigenvalue weighted by molar-refractivity contribution is 6.31. The summed E-state index contributed by atoms with van der Waals surface area (Å²) in [5.41, 5.74) is 0.0945. The second-order valence-electron chi connectivity index (χ2n) is 8.61. The fraction of sp³-hybridized carbons (Fsp3) is 0.545. The van der Waals surface area contributed by atoms with E-state index >= 15 is 0 Å². The number of alkyl halides is 3. The molecule has 0 radical (unpaired) electrons. The highest BCUT2D eigenvalue weighted by Crippen LogP contribution is 2.42. The monoisotopic (exact) mass is 472 g/mol. The molecular weight excluding hydrogens is 448 g/mol. The third-order valence-electron chi connectivity index (χ3n) is 6.09. The average molecular weight is 473 g/mol. The molecule has 2 aromatic rings. The number of nitrogens with zero attached hydrogens (tertiary/aromatic N) is 4. The second-order valence-corrected chi connectivity index (χ2v) is 9.02. The van der Waals surface area contributed by atoms with Crippen molar-refractivity contribution in [2.45, 2.75) is 44.9 Å². The van der Waals surface area contributed by atoms with Crippen LogP contribution in [0.15, 0.2) is 24.3 Å². The molecule has 0 spiro atoms. The van der Waals surface area contributed by atoms with Crippen molar-refractivity contribution in [1.29, 1.82) is 0 Å². The van der Waals surface area contributed by atoms with Crippen molar-refractivity contribution in [3.63, 3.8) is 0 Å². The Bertz CT molecular complexity index is 961. The first-order valence-electron chi connectivity index (χ1n) is 10.7. The lowest BCUT2D eigenvalue weighted by molar-refractivity contribution is -0.141. The minimum atomic E-state index is -4.50. The minimum absolute atomic E-state index is 0.0923. The topological polar surface area (TPSA) is 41.4 Å². The largest absolute Gasteiger partial charge is 0.435 e. The van der Waals surface area contributed by atoms with Crippen LogP contribution in [-0.2, 0) is 24.1 Å². The van der Waals surface area contributed by atoms with Gasteiger partial charge in [0.05, 0.1) is 12.5 Å². The number of carbonyl (C=O) groups is 1. The zero-order chi connectivity index (χ0) is 23.0. The van der Waals surface area contributed by atoms with Crippen molar-refractivity contribution in [3.05, 3.63) is 52.1 Å². The van der Waals surface area contributed by atoms with Crippen molar-refractivity contribution < 1.29 is 22.4 Å². The Morgan fingerprint density at radius 1 is 1.22 bits per heavy atom. The number of rotatable bonds is 6. The molecule has 1 amide bonds. The molecule has 1 aliphatic heterocycles. The molecule has 32 heavy (non-hydrogen) atoms. The summed E-state index contributed by atoms with van der Waals surface area (Å²) in [6, 6.07) is 5.70. The predicted molar refractivity (Wildman–Crippen MR) is 112 cm³/mol. The van der Waals surface area contributed by atoms with E-state index in [2.05, 4.69) is 5.10 Å². The third kappa shape index (κ3) is 5.09. The van der Waals surface area contributed by atoms with Crippen LogP contribution in [0.3, 0.4) is 0 Å². The van der Waals surface area contributed by atoms with Crippen LogP contribution in [0.25, 0.3) is 0 Å². The zero-order valence-corrected chi connectivity index (χ0v) is 18.5. The minimum Gasteiger partial charge on any atom is -0.340 e. The molecule has 1 aliphatic carbocycles. The molecule has 1 aromatic carbocycles. The Balaban J connectivity index is 1.35. The molecule has 174 valence electrons. The number of carbonyl (C=O) groups excluding carboxylic acids is 1. The molecule has 4 rings (SSSR count). The van der Waals surface area contributed by atoms with Crippen LogP contribution in [0.5, 0.6) is 0 Å². The Kier molecular flexibility index (Phi) is 6.49. The number of hydrogen-bond donors (Lipinski definition) is 0. The highest BCUT2D eigenvalue weighted by Gasteiger charge is 2.38. The van der Waals surface area contributed by atoms with Crippen LogP contribution < -0.4 is 0 Å². The maximum absolute atomic E-state index is 14.0. The van der Waals surface area contributed by atoms with Gasteiger partial charge in [-0.05, 0) is 31.0 Å². The van der Waals surface area contributed by atoms with Gasteiger partial charge in [-0.25, -0.2) is 4.39 Å². The third-order valence-corrected chi connectivity index (χ3v) is 6.45. The van der Waals surface area contributed by atoms with Gasteiger partial charge in [-0.2, -0.15) is 18.3 Å². The van der Waals surface area contributed by atoms with E-state index in [1.165, 1.54) is 10.7 Å². The van der Waals surface area contributed by atoms with E-state index in [-0.39, 0.29) is 24.2 Å². The van der Waals surface area contributed by atoms with Gasteiger partial charge < -0.3 is 4.90 Å². The normalized spacial score (nSPS) is 18.8. The molecule has 2 aliphatic rings. The number of halogens is 5. The van der Waals surface area contributed by atoms with Crippen LogP contribution in [0.2, 0.25) is 5.02 Å². The van der Waals surface area contributed by atoms with Crippen molar-refractivity contribution >= 4 is 17.5 Å². The van der Waals surface area contributed by atoms with Crippen LogP contribution in [-0.4, -0.2) is 51.7 Å².